The first kappa shape index (κ1) is 21.9. The molecule has 0 aliphatic heterocycles. The van der Waals surface area contributed by atoms with Gasteiger partial charge in [0.25, 0.3) is 5.69 Å². The number of halogens is 2. The second kappa shape index (κ2) is 9.82. The molecule has 1 N–H and O–H groups in total. The molecule has 0 bridgehead atoms. The molecule has 0 unspecified atom stereocenters. The van der Waals surface area contributed by atoms with Gasteiger partial charge >= 0.3 is 0 Å². The Morgan fingerprint density at radius 2 is 1.87 bits per heavy atom. The number of methoxy groups -OCH3 is 1. The van der Waals surface area contributed by atoms with Crippen LogP contribution in [0, 0.1) is 17.0 Å². The van der Waals surface area contributed by atoms with Crippen molar-refractivity contribution in [2.75, 3.05) is 12.4 Å². The Labute approximate surface area is 188 Å². The first-order chi connectivity index (χ1) is 14.4. The fourth-order valence-corrected chi connectivity index (χ4v) is 3.66. The fraction of sp³-hybridized carbons (Fsp3) is 0.182. The summed E-state index contributed by atoms with van der Waals surface area (Å²) in [5.41, 5.74) is 3.83. The summed E-state index contributed by atoms with van der Waals surface area (Å²) >= 11 is 9.73. The van der Waals surface area contributed by atoms with E-state index in [1.54, 1.807) is 19.2 Å². The Hall–Kier alpha value is -2.77. The Morgan fingerprint density at radius 1 is 1.13 bits per heavy atom. The number of nitrogens with zero attached hydrogens (tertiary/aromatic N) is 1. The third-order valence-electron chi connectivity index (χ3n) is 4.57. The van der Waals surface area contributed by atoms with E-state index in [-0.39, 0.29) is 12.3 Å². The summed E-state index contributed by atoms with van der Waals surface area (Å²) in [7, 11) is 1.58. The van der Waals surface area contributed by atoms with Gasteiger partial charge in [-0.3, -0.25) is 10.1 Å². The molecular formula is C22H20BrClN2O4. The Balaban J connectivity index is 1.72. The maximum Gasteiger partial charge on any atom is 0.269 e. The molecule has 0 radical (unpaired) electrons. The fourth-order valence-electron chi connectivity index (χ4n) is 2.88. The molecule has 0 fully saturated rings. The van der Waals surface area contributed by atoms with Gasteiger partial charge in [0.15, 0.2) is 11.5 Å². The molecule has 0 saturated heterocycles. The van der Waals surface area contributed by atoms with Crippen molar-refractivity contribution in [3.63, 3.8) is 0 Å². The molecule has 6 nitrogen and oxygen atoms in total. The summed E-state index contributed by atoms with van der Waals surface area (Å²) in [6.45, 7) is 2.81. The lowest BCUT2D eigenvalue weighted by atomic mass is 10.1. The number of rotatable bonds is 8. The average Bonchev–Trinajstić information content (AvgIpc) is 2.74. The van der Waals surface area contributed by atoms with E-state index in [9.17, 15) is 10.1 Å². The van der Waals surface area contributed by atoms with Gasteiger partial charge in [0.2, 0.25) is 0 Å². The van der Waals surface area contributed by atoms with Gasteiger partial charge in [-0.1, -0.05) is 17.7 Å². The van der Waals surface area contributed by atoms with Crippen molar-refractivity contribution in [2.45, 2.75) is 20.1 Å². The van der Waals surface area contributed by atoms with Crippen LogP contribution >= 0.6 is 27.5 Å². The zero-order valence-corrected chi connectivity index (χ0v) is 18.8. The number of non-ortho nitro benzene ring substituents is 1. The third-order valence-corrected chi connectivity index (χ3v) is 5.57. The maximum absolute atomic E-state index is 10.8. The van der Waals surface area contributed by atoms with Crippen LogP contribution in [0.3, 0.4) is 0 Å². The van der Waals surface area contributed by atoms with Crippen LogP contribution in [0.5, 0.6) is 11.5 Å². The smallest absolute Gasteiger partial charge is 0.269 e. The predicted molar refractivity (Wildman–Crippen MR) is 122 cm³/mol. The van der Waals surface area contributed by atoms with Crippen LogP contribution < -0.4 is 14.8 Å². The van der Waals surface area contributed by atoms with Crippen LogP contribution in [0.1, 0.15) is 16.7 Å². The molecule has 0 aromatic heterocycles. The molecule has 0 heterocycles. The molecule has 0 spiro atoms. The molecule has 0 saturated carbocycles. The van der Waals surface area contributed by atoms with Crippen molar-refractivity contribution in [2.24, 2.45) is 0 Å². The minimum atomic E-state index is -0.429. The van der Waals surface area contributed by atoms with Crippen molar-refractivity contribution < 1.29 is 14.4 Å². The summed E-state index contributed by atoms with van der Waals surface area (Å²) in [6.07, 6.45) is 0. The summed E-state index contributed by atoms with van der Waals surface area (Å²) < 4.78 is 12.2. The minimum Gasteiger partial charge on any atom is -0.493 e. The number of nitro benzene ring substituents is 1. The Bertz CT molecular complexity index is 1060. The van der Waals surface area contributed by atoms with Gasteiger partial charge in [-0.05, 0) is 75.9 Å². The van der Waals surface area contributed by atoms with Crippen molar-refractivity contribution >= 4 is 38.9 Å². The molecule has 3 aromatic carbocycles. The van der Waals surface area contributed by atoms with Crippen LogP contribution in [0.2, 0.25) is 5.02 Å². The highest BCUT2D eigenvalue weighted by Crippen LogP contribution is 2.37. The highest BCUT2D eigenvalue weighted by molar-refractivity contribution is 9.10. The minimum absolute atomic E-state index is 0.0457. The van der Waals surface area contributed by atoms with Crippen molar-refractivity contribution in [1.29, 1.82) is 0 Å². The summed E-state index contributed by atoms with van der Waals surface area (Å²) in [6, 6.07) is 15.9. The zero-order valence-electron chi connectivity index (χ0n) is 16.4. The summed E-state index contributed by atoms with van der Waals surface area (Å²) in [5, 5.41) is 14.9. The van der Waals surface area contributed by atoms with Gasteiger partial charge < -0.3 is 14.8 Å². The molecule has 0 atom stereocenters. The van der Waals surface area contributed by atoms with Crippen LogP contribution in [-0.4, -0.2) is 12.0 Å². The number of benzene rings is 3. The molecule has 0 aliphatic rings. The lowest BCUT2D eigenvalue weighted by Gasteiger charge is -2.16. The van der Waals surface area contributed by atoms with Crippen molar-refractivity contribution in [3.05, 3.63) is 90.9 Å². The van der Waals surface area contributed by atoms with E-state index in [2.05, 4.69) is 21.2 Å². The lowest BCUT2D eigenvalue weighted by molar-refractivity contribution is -0.384. The normalized spacial score (nSPS) is 10.5. The second-order valence-electron chi connectivity index (χ2n) is 6.59. The van der Waals surface area contributed by atoms with Crippen LogP contribution in [-0.2, 0) is 13.2 Å². The van der Waals surface area contributed by atoms with E-state index in [4.69, 9.17) is 21.1 Å². The van der Waals surface area contributed by atoms with E-state index in [0.29, 0.717) is 23.1 Å². The number of ether oxygens (including phenoxy) is 2. The van der Waals surface area contributed by atoms with Crippen LogP contribution in [0.15, 0.2) is 59.1 Å². The molecule has 0 amide bonds. The van der Waals surface area contributed by atoms with Crippen molar-refractivity contribution in [1.82, 2.24) is 0 Å². The summed E-state index contributed by atoms with van der Waals surface area (Å²) in [5.74, 6) is 1.16. The van der Waals surface area contributed by atoms with Crippen LogP contribution in [0.4, 0.5) is 11.4 Å². The number of nitro groups is 1. The number of hydrogen-bond donors (Lipinski definition) is 1. The van der Waals surface area contributed by atoms with E-state index in [0.717, 1.165) is 26.9 Å². The molecule has 3 rings (SSSR count). The number of anilines is 1. The molecule has 156 valence electrons. The first-order valence-electron chi connectivity index (χ1n) is 9.10. The van der Waals surface area contributed by atoms with Gasteiger partial charge in [-0.2, -0.15) is 0 Å². The van der Waals surface area contributed by atoms with Gasteiger partial charge in [0, 0.05) is 29.4 Å². The van der Waals surface area contributed by atoms with Gasteiger partial charge in [-0.25, -0.2) is 0 Å². The zero-order chi connectivity index (χ0) is 21.7. The Morgan fingerprint density at radius 3 is 2.53 bits per heavy atom. The molecule has 3 aromatic rings. The van der Waals surface area contributed by atoms with Gasteiger partial charge in [0.1, 0.15) is 6.61 Å². The van der Waals surface area contributed by atoms with Gasteiger partial charge in [0.05, 0.1) is 16.5 Å². The number of hydrogen-bond acceptors (Lipinski definition) is 5. The summed E-state index contributed by atoms with van der Waals surface area (Å²) in [4.78, 5) is 10.3. The van der Waals surface area contributed by atoms with E-state index < -0.39 is 4.92 Å². The third kappa shape index (κ3) is 5.23. The standard InChI is InChI=1S/C22H20BrClN2O4/c1-14-19(24)4-3-5-20(14)25-12-16-10-18(23)22(21(11-16)29-2)30-13-15-6-8-17(9-7-15)26(27)28/h3-11,25H,12-13H2,1-2H3. The quantitative estimate of drug-likeness (QED) is 0.287. The topological polar surface area (TPSA) is 73.6 Å². The van der Waals surface area contributed by atoms with E-state index >= 15 is 0 Å². The monoisotopic (exact) mass is 490 g/mol. The largest absolute Gasteiger partial charge is 0.493 e. The molecular weight excluding hydrogens is 472 g/mol. The SMILES string of the molecule is COc1cc(CNc2cccc(Cl)c2C)cc(Br)c1OCc1ccc([N+](=O)[O-])cc1. The maximum atomic E-state index is 10.8. The predicted octanol–water partition coefficient (Wildman–Crippen LogP) is 6.52. The van der Waals surface area contributed by atoms with Gasteiger partial charge in [-0.15, -0.1) is 0 Å². The Kier molecular flexibility index (Phi) is 7.18. The first-order valence-corrected chi connectivity index (χ1v) is 10.3. The highest BCUT2D eigenvalue weighted by atomic mass is 79.9. The van der Waals surface area contributed by atoms with E-state index in [1.165, 1.54) is 12.1 Å². The second-order valence-corrected chi connectivity index (χ2v) is 7.85. The average molecular weight is 492 g/mol. The van der Waals surface area contributed by atoms with E-state index in [1.807, 2.05) is 37.3 Å². The lowest BCUT2D eigenvalue weighted by Crippen LogP contribution is -2.04. The molecule has 30 heavy (non-hydrogen) atoms. The van der Waals surface area contributed by atoms with Crippen molar-refractivity contribution in [3.8, 4) is 11.5 Å². The van der Waals surface area contributed by atoms with Crippen LogP contribution in [0.25, 0.3) is 0 Å². The number of nitrogens with one attached hydrogen (secondary N) is 1. The molecule has 8 heteroatoms. The molecule has 0 aliphatic carbocycles. The highest BCUT2D eigenvalue weighted by Gasteiger charge is 2.13.